The number of carboxylic acids is 1. The summed E-state index contributed by atoms with van der Waals surface area (Å²) < 4.78 is 0. The molecule has 1 heterocycles. The van der Waals surface area contributed by atoms with Crippen molar-refractivity contribution in [1.82, 2.24) is 4.90 Å². The molecule has 0 aliphatic carbocycles. The number of aliphatic carboxylic acids is 1. The Hall–Kier alpha value is -1.73. The highest BCUT2D eigenvalue weighted by Gasteiger charge is 2.30. The summed E-state index contributed by atoms with van der Waals surface area (Å²) in [6.07, 6.45) is -0.0532. The molecule has 1 aromatic rings. The van der Waals surface area contributed by atoms with Crippen molar-refractivity contribution in [3.8, 4) is 0 Å². The van der Waals surface area contributed by atoms with Crippen LogP contribution >= 0.6 is 23.4 Å². The molecule has 2 amide bonds. The number of nitrogens with one attached hydrogen (secondary N) is 1. The highest BCUT2D eigenvalue weighted by molar-refractivity contribution is 8.01. The first-order valence-electron chi connectivity index (χ1n) is 6.09. The van der Waals surface area contributed by atoms with E-state index in [0.717, 1.165) is 9.80 Å². The van der Waals surface area contributed by atoms with Gasteiger partial charge in [-0.1, -0.05) is 11.6 Å². The van der Waals surface area contributed by atoms with Crippen LogP contribution in [0.3, 0.4) is 0 Å². The molecule has 0 saturated heterocycles. The predicted octanol–water partition coefficient (Wildman–Crippen LogP) is 1.69. The van der Waals surface area contributed by atoms with E-state index in [1.54, 1.807) is 18.2 Å². The number of carbonyl (C=O) groups is 3. The lowest BCUT2D eigenvalue weighted by Gasteiger charge is -2.25. The molecule has 1 aromatic carbocycles. The van der Waals surface area contributed by atoms with Gasteiger partial charge in [0.1, 0.15) is 6.54 Å². The van der Waals surface area contributed by atoms with E-state index in [4.69, 9.17) is 16.7 Å². The van der Waals surface area contributed by atoms with E-state index in [9.17, 15) is 14.4 Å². The molecule has 0 fully saturated rings. The van der Waals surface area contributed by atoms with Crippen molar-refractivity contribution in [1.29, 1.82) is 0 Å². The Bertz CT molecular complexity index is 608. The summed E-state index contributed by atoms with van der Waals surface area (Å²) in [5.41, 5.74) is 0.625. The van der Waals surface area contributed by atoms with E-state index >= 15 is 0 Å². The normalized spacial score (nSPS) is 16.9. The fraction of sp³-hybridized carbons (Fsp3) is 0.308. The zero-order valence-electron chi connectivity index (χ0n) is 11.1. The first kappa shape index (κ1) is 15.7. The van der Waals surface area contributed by atoms with Gasteiger partial charge in [0.15, 0.2) is 0 Å². The number of carbonyl (C=O) groups excluding carboxylic acids is 2. The lowest BCUT2D eigenvalue weighted by atomic mass is 10.2. The number of hydrogen-bond donors (Lipinski definition) is 2. The maximum absolute atomic E-state index is 12.0. The number of rotatable bonds is 4. The van der Waals surface area contributed by atoms with E-state index in [-0.39, 0.29) is 24.8 Å². The minimum absolute atomic E-state index is 0.0532. The number of hydrogen-bond acceptors (Lipinski definition) is 4. The number of amides is 2. The fourth-order valence-electron chi connectivity index (χ4n) is 1.86. The number of fused-ring (bicyclic) bond motifs is 1. The third-order valence-electron chi connectivity index (χ3n) is 2.92. The molecule has 0 spiro atoms. The molecule has 8 heteroatoms. The molecule has 1 aliphatic heterocycles. The largest absolute Gasteiger partial charge is 0.480 e. The second kappa shape index (κ2) is 6.36. The smallest absolute Gasteiger partial charge is 0.323 e. The van der Waals surface area contributed by atoms with Gasteiger partial charge in [-0.25, -0.2) is 0 Å². The molecule has 1 aliphatic rings. The Kier molecular flexibility index (Phi) is 4.74. The number of anilines is 1. The first-order chi connectivity index (χ1) is 9.86. The van der Waals surface area contributed by atoms with Crippen LogP contribution in [0.25, 0.3) is 0 Å². The van der Waals surface area contributed by atoms with E-state index in [0.29, 0.717) is 10.7 Å². The van der Waals surface area contributed by atoms with Crippen LogP contribution < -0.4 is 5.32 Å². The van der Waals surface area contributed by atoms with Crippen LogP contribution in [0, 0.1) is 0 Å². The SMILES string of the molecule is CN(CC(=O)O)C(=O)CC1Sc2ccc(Cl)cc2NC1=O. The Labute approximate surface area is 130 Å². The fourth-order valence-corrected chi connectivity index (χ4v) is 3.12. The van der Waals surface area contributed by atoms with Gasteiger partial charge in [0, 0.05) is 23.4 Å². The van der Waals surface area contributed by atoms with Crippen LogP contribution in [-0.4, -0.2) is 46.6 Å². The van der Waals surface area contributed by atoms with Gasteiger partial charge in [-0.2, -0.15) is 0 Å². The number of nitrogens with zero attached hydrogens (tertiary/aromatic N) is 1. The van der Waals surface area contributed by atoms with Gasteiger partial charge >= 0.3 is 5.97 Å². The van der Waals surface area contributed by atoms with Crippen molar-refractivity contribution < 1.29 is 19.5 Å². The summed E-state index contributed by atoms with van der Waals surface area (Å²) in [7, 11) is 1.40. The molecular formula is C13H13ClN2O4S. The third kappa shape index (κ3) is 3.89. The number of likely N-dealkylation sites (N-methyl/N-ethyl adjacent to an activating group) is 1. The zero-order valence-corrected chi connectivity index (χ0v) is 12.7. The number of carboxylic acid groups (broad SMARTS) is 1. The summed E-state index contributed by atoms with van der Waals surface area (Å²) in [6, 6.07) is 5.14. The van der Waals surface area contributed by atoms with E-state index in [2.05, 4.69) is 5.32 Å². The number of halogens is 1. The van der Waals surface area contributed by atoms with Crippen molar-refractivity contribution in [2.45, 2.75) is 16.6 Å². The van der Waals surface area contributed by atoms with Gasteiger partial charge in [-0.3, -0.25) is 14.4 Å². The van der Waals surface area contributed by atoms with Crippen LogP contribution in [0.2, 0.25) is 5.02 Å². The Morgan fingerprint density at radius 1 is 1.48 bits per heavy atom. The first-order valence-corrected chi connectivity index (χ1v) is 7.35. The summed E-state index contributed by atoms with van der Waals surface area (Å²) in [4.78, 5) is 36.4. The van der Waals surface area contributed by atoms with Gasteiger partial charge in [0.2, 0.25) is 11.8 Å². The van der Waals surface area contributed by atoms with Gasteiger partial charge in [-0.15, -0.1) is 11.8 Å². The Balaban J connectivity index is 2.05. The van der Waals surface area contributed by atoms with E-state index < -0.39 is 11.2 Å². The average molecular weight is 329 g/mol. The minimum atomic E-state index is -1.09. The second-order valence-corrected chi connectivity index (χ2v) is 6.26. The van der Waals surface area contributed by atoms with Crippen molar-refractivity contribution in [2.24, 2.45) is 0 Å². The molecule has 6 nitrogen and oxygen atoms in total. The predicted molar refractivity (Wildman–Crippen MR) is 79.6 cm³/mol. The molecule has 21 heavy (non-hydrogen) atoms. The Morgan fingerprint density at radius 2 is 2.19 bits per heavy atom. The van der Waals surface area contributed by atoms with Crippen LogP contribution in [0.4, 0.5) is 5.69 Å². The standard InChI is InChI=1S/C13H13ClN2O4S/c1-16(6-12(18)19)11(17)5-10-13(20)15-8-4-7(14)2-3-9(8)21-10/h2-4,10H,5-6H2,1H3,(H,15,20)(H,18,19). The van der Waals surface area contributed by atoms with Crippen LogP contribution in [0.1, 0.15) is 6.42 Å². The molecule has 112 valence electrons. The summed E-state index contributed by atoms with van der Waals surface area (Å²) in [5.74, 6) is -1.76. The monoisotopic (exact) mass is 328 g/mol. The van der Waals surface area contributed by atoms with E-state index in [1.807, 2.05) is 0 Å². The lowest BCUT2D eigenvalue weighted by molar-refractivity contribution is -0.143. The molecule has 0 radical (unpaired) electrons. The molecule has 1 unspecified atom stereocenters. The maximum Gasteiger partial charge on any atom is 0.323 e. The average Bonchev–Trinajstić information content (AvgIpc) is 2.39. The van der Waals surface area contributed by atoms with Gasteiger partial charge < -0.3 is 15.3 Å². The van der Waals surface area contributed by atoms with Crippen molar-refractivity contribution >= 4 is 46.8 Å². The lowest BCUT2D eigenvalue weighted by Crippen LogP contribution is -2.37. The molecular weight excluding hydrogens is 316 g/mol. The van der Waals surface area contributed by atoms with Crippen molar-refractivity contribution in [3.63, 3.8) is 0 Å². The number of benzene rings is 1. The van der Waals surface area contributed by atoms with Crippen LogP contribution in [0.15, 0.2) is 23.1 Å². The molecule has 1 atom stereocenters. The van der Waals surface area contributed by atoms with Gasteiger partial charge in [-0.05, 0) is 18.2 Å². The molecule has 0 bridgehead atoms. The second-order valence-electron chi connectivity index (χ2n) is 4.58. The highest BCUT2D eigenvalue weighted by Crippen LogP contribution is 2.38. The topological polar surface area (TPSA) is 86.7 Å². The van der Waals surface area contributed by atoms with Gasteiger partial charge in [0.25, 0.3) is 0 Å². The molecule has 2 N–H and O–H groups in total. The van der Waals surface area contributed by atoms with Crippen molar-refractivity contribution in [2.75, 3.05) is 18.9 Å². The highest BCUT2D eigenvalue weighted by atomic mass is 35.5. The van der Waals surface area contributed by atoms with Gasteiger partial charge in [0.05, 0.1) is 10.9 Å². The number of thioether (sulfide) groups is 1. The van der Waals surface area contributed by atoms with Crippen LogP contribution in [-0.2, 0) is 14.4 Å². The third-order valence-corrected chi connectivity index (χ3v) is 4.43. The summed E-state index contributed by atoms with van der Waals surface area (Å²) in [6.45, 7) is -0.385. The van der Waals surface area contributed by atoms with Crippen molar-refractivity contribution in [3.05, 3.63) is 23.2 Å². The van der Waals surface area contributed by atoms with E-state index in [1.165, 1.54) is 18.8 Å². The quantitative estimate of drug-likeness (QED) is 0.878. The molecule has 0 saturated carbocycles. The minimum Gasteiger partial charge on any atom is -0.480 e. The summed E-state index contributed by atoms with van der Waals surface area (Å²) in [5, 5.41) is 11.3. The Morgan fingerprint density at radius 3 is 2.86 bits per heavy atom. The van der Waals surface area contributed by atoms with Crippen LogP contribution in [0.5, 0.6) is 0 Å². The summed E-state index contributed by atoms with van der Waals surface area (Å²) >= 11 is 7.13. The molecule has 2 rings (SSSR count). The maximum atomic E-state index is 12.0. The zero-order chi connectivity index (χ0) is 15.6. The molecule has 0 aromatic heterocycles.